The van der Waals surface area contributed by atoms with Gasteiger partial charge in [0.1, 0.15) is 0 Å². The van der Waals surface area contributed by atoms with E-state index >= 15 is 0 Å². The Hall–Kier alpha value is -0.310. The Labute approximate surface area is 62.9 Å². The van der Waals surface area contributed by atoms with E-state index in [1.165, 1.54) is 0 Å². The highest BCUT2D eigenvalue weighted by atomic mass is 32.2. The fraction of sp³-hybridized carbons (Fsp3) is 0.714. The van der Waals surface area contributed by atoms with Gasteiger partial charge in [-0.05, 0) is 20.8 Å². The Morgan fingerprint density at radius 1 is 1.20 bits per heavy atom. The second-order valence-electron chi connectivity index (χ2n) is 2.46. The second-order valence-corrected chi connectivity index (χ2v) is 4.88. The van der Waals surface area contributed by atoms with Crippen LogP contribution in [0.2, 0.25) is 0 Å². The summed E-state index contributed by atoms with van der Waals surface area (Å²) in [6.07, 6.45) is 0. The summed E-state index contributed by atoms with van der Waals surface area (Å²) in [4.78, 5) is 0.509. The summed E-state index contributed by atoms with van der Waals surface area (Å²) in [7, 11) is -2.92. The van der Waals surface area contributed by atoms with Crippen molar-refractivity contribution in [3.8, 4) is 0 Å². The number of allylic oxidation sites excluding steroid dienone is 2. The van der Waals surface area contributed by atoms with Crippen molar-refractivity contribution in [1.29, 1.82) is 0 Å². The molecule has 0 radical (unpaired) electrons. The van der Waals surface area contributed by atoms with Gasteiger partial charge in [-0.1, -0.05) is 12.5 Å². The van der Waals surface area contributed by atoms with Crippen molar-refractivity contribution in [1.82, 2.24) is 0 Å². The van der Waals surface area contributed by atoms with E-state index in [4.69, 9.17) is 0 Å². The van der Waals surface area contributed by atoms with Gasteiger partial charge >= 0.3 is 0 Å². The summed E-state index contributed by atoms with van der Waals surface area (Å²) in [5, 5.41) is 0. The SMILES string of the molecule is CCS(=O)(=O)C(C)=C(C)C. The molecule has 0 fully saturated rings. The van der Waals surface area contributed by atoms with Crippen molar-refractivity contribution in [3.05, 3.63) is 10.5 Å². The van der Waals surface area contributed by atoms with E-state index in [0.717, 1.165) is 5.57 Å². The fourth-order valence-corrected chi connectivity index (χ4v) is 1.58. The lowest BCUT2D eigenvalue weighted by molar-refractivity contribution is 0.602. The van der Waals surface area contributed by atoms with Crippen LogP contribution in [0.1, 0.15) is 27.7 Å². The van der Waals surface area contributed by atoms with E-state index in [0.29, 0.717) is 4.91 Å². The van der Waals surface area contributed by atoms with Gasteiger partial charge in [-0.3, -0.25) is 0 Å². The van der Waals surface area contributed by atoms with Gasteiger partial charge < -0.3 is 0 Å². The van der Waals surface area contributed by atoms with Crippen molar-refractivity contribution in [3.63, 3.8) is 0 Å². The van der Waals surface area contributed by atoms with Crippen LogP contribution in [0, 0.1) is 0 Å². The van der Waals surface area contributed by atoms with Crippen LogP contribution in [0.15, 0.2) is 10.5 Å². The molecule has 0 bridgehead atoms. The Morgan fingerprint density at radius 2 is 1.60 bits per heavy atom. The quantitative estimate of drug-likeness (QED) is 0.619. The van der Waals surface area contributed by atoms with E-state index in [1.54, 1.807) is 13.8 Å². The Kier molecular flexibility index (Phi) is 3.09. The highest BCUT2D eigenvalue weighted by molar-refractivity contribution is 7.95. The van der Waals surface area contributed by atoms with Crippen LogP contribution in [0.3, 0.4) is 0 Å². The van der Waals surface area contributed by atoms with Crippen molar-refractivity contribution in [2.45, 2.75) is 27.7 Å². The van der Waals surface area contributed by atoms with Crippen molar-refractivity contribution < 1.29 is 8.42 Å². The molecule has 60 valence electrons. The highest BCUT2D eigenvalue weighted by Crippen LogP contribution is 2.10. The molecule has 0 aromatic carbocycles. The predicted molar refractivity (Wildman–Crippen MR) is 43.5 cm³/mol. The lowest BCUT2D eigenvalue weighted by atomic mass is 10.3. The Morgan fingerprint density at radius 3 is 1.70 bits per heavy atom. The maximum Gasteiger partial charge on any atom is 0.173 e. The largest absolute Gasteiger partial charge is 0.224 e. The molecule has 0 heterocycles. The number of sulfone groups is 1. The topological polar surface area (TPSA) is 34.1 Å². The van der Waals surface area contributed by atoms with Gasteiger partial charge in [-0.25, -0.2) is 8.42 Å². The number of rotatable bonds is 2. The van der Waals surface area contributed by atoms with Crippen molar-refractivity contribution in [2.75, 3.05) is 5.75 Å². The molecule has 0 aliphatic rings. The summed E-state index contributed by atoms with van der Waals surface area (Å²) in [6.45, 7) is 6.92. The maximum absolute atomic E-state index is 11.1. The molecule has 0 atom stereocenters. The monoisotopic (exact) mass is 162 g/mol. The van der Waals surface area contributed by atoms with E-state index < -0.39 is 9.84 Å². The average molecular weight is 162 g/mol. The smallest absolute Gasteiger partial charge is 0.173 e. The van der Waals surface area contributed by atoms with Crippen LogP contribution in [0.5, 0.6) is 0 Å². The molecule has 0 unspecified atom stereocenters. The van der Waals surface area contributed by atoms with Crippen molar-refractivity contribution >= 4 is 9.84 Å². The third kappa shape index (κ3) is 2.14. The van der Waals surface area contributed by atoms with Crippen molar-refractivity contribution in [2.24, 2.45) is 0 Å². The summed E-state index contributed by atoms with van der Waals surface area (Å²) in [5.74, 6) is 0.198. The summed E-state index contributed by atoms with van der Waals surface area (Å²) >= 11 is 0. The van der Waals surface area contributed by atoms with Gasteiger partial charge in [0.2, 0.25) is 0 Å². The molecule has 2 nitrogen and oxygen atoms in total. The summed E-state index contributed by atoms with van der Waals surface area (Å²) in [6, 6.07) is 0. The summed E-state index contributed by atoms with van der Waals surface area (Å²) in [5.41, 5.74) is 0.877. The molecule has 0 N–H and O–H groups in total. The minimum Gasteiger partial charge on any atom is -0.224 e. The Balaban J connectivity index is 4.87. The summed E-state index contributed by atoms with van der Waals surface area (Å²) < 4.78 is 22.2. The molecule has 0 spiro atoms. The predicted octanol–water partition coefficient (Wildman–Crippen LogP) is 1.73. The van der Waals surface area contributed by atoms with Gasteiger partial charge in [0.25, 0.3) is 0 Å². The molecule has 0 saturated heterocycles. The van der Waals surface area contributed by atoms with E-state index in [1.807, 2.05) is 13.8 Å². The van der Waals surface area contributed by atoms with Crippen LogP contribution in [-0.4, -0.2) is 14.2 Å². The minimum atomic E-state index is -2.92. The molecule has 3 heteroatoms. The molecule has 0 aromatic heterocycles. The number of hydrogen-bond donors (Lipinski definition) is 0. The fourth-order valence-electron chi connectivity index (χ4n) is 0.528. The van der Waals surface area contributed by atoms with Gasteiger partial charge in [0.15, 0.2) is 9.84 Å². The zero-order chi connectivity index (χ0) is 8.36. The molecular weight excluding hydrogens is 148 g/mol. The molecule has 0 rings (SSSR count). The van der Waals surface area contributed by atoms with Gasteiger partial charge in [-0.15, -0.1) is 0 Å². The first-order chi connectivity index (χ1) is 4.41. The third-order valence-corrected chi connectivity index (χ3v) is 3.65. The van der Waals surface area contributed by atoms with Crippen LogP contribution in [0.25, 0.3) is 0 Å². The van der Waals surface area contributed by atoms with E-state index in [-0.39, 0.29) is 5.75 Å². The van der Waals surface area contributed by atoms with Crippen LogP contribution in [-0.2, 0) is 9.84 Å². The van der Waals surface area contributed by atoms with Crippen LogP contribution in [0.4, 0.5) is 0 Å². The van der Waals surface area contributed by atoms with E-state index in [9.17, 15) is 8.42 Å². The lowest BCUT2D eigenvalue weighted by Crippen LogP contribution is -2.04. The maximum atomic E-state index is 11.1. The zero-order valence-electron chi connectivity index (χ0n) is 6.93. The van der Waals surface area contributed by atoms with Crippen LogP contribution >= 0.6 is 0 Å². The average Bonchev–Trinajstić information content (AvgIpc) is 1.86. The molecule has 0 saturated carbocycles. The molecule has 0 aliphatic heterocycles. The third-order valence-electron chi connectivity index (χ3n) is 1.55. The van der Waals surface area contributed by atoms with Gasteiger partial charge in [-0.2, -0.15) is 0 Å². The molecule has 0 aromatic rings. The number of hydrogen-bond acceptors (Lipinski definition) is 2. The first-order valence-corrected chi connectivity index (χ1v) is 4.94. The molecule has 0 amide bonds. The molecule has 10 heavy (non-hydrogen) atoms. The lowest BCUT2D eigenvalue weighted by Gasteiger charge is -2.01. The minimum absolute atomic E-state index is 0.198. The Bertz CT molecular complexity index is 230. The highest BCUT2D eigenvalue weighted by Gasteiger charge is 2.10. The van der Waals surface area contributed by atoms with E-state index in [2.05, 4.69) is 0 Å². The zero-order valence-corrected chi connectivity index (χ0v) is 7.75. The molecule has 0 aliphatic carbocycles. The normalized spacial score (nSPS) is 11.2. The first-order valence-electron chi connectivity index (χ1n) is 3.28. The second kappa shape index (κ2) is 3.19. The van der Waals surface area contributed by atoms with Gasteiger partial charge in [0, 0.05) is 4.91 Å². The molecular formula is C7H14O2S. The van der Waals surface area contributed by atoms with Crippen LogP contribution < -0.4 is 0 Å². The standard InChI is InChI=1S/C7H14O2S/c1-5-10(8,9)7(4)6(2)3/h5H2,1-4H3. The first kappa shape index (κ1) is 9.69. The van der Waals surface area contributed by atoms with Gasteiger partial charge in [0.05, 0.1) is 5.75 Å².